The number of aliphatic hydroxyl groups excluding tert-OH is 1. The minimum absolute atomic E-state index is 0.121. The molecule has 1 aliphatic rings. The molecule has 0 unspecified atom stereocenters. The Hall–Kier alpha value is -1.29. The molecule has 4 heteroatoms. The first-order chi connectivity index (χ1) is 8.72. The van der Waals surface area contributed by atoms with Gasteiger partial charge in [0.1, 0.15) is 18.6 Å². The highest BCUT2D eigenvalue weighted by atomic mass is 16.5. The van der Waals surface area contributed by atoms with Gasteiger partial charge in [-0.25, -0.2) is 0 Å². The van der Waals surface area contributed by atoms with E-state index < -0.39 is 0 Å². The van der Waals surface area contributed by atoms with Gasteiger partial charge in [0.05, 0.1) is 6.10 Å². The Bertz CT molecular complexity index is 430. The molecule has 0 saturated heterocycles. The van der Waals surface area contributed by atoms with E-state index in [1.165, 1.54) is 31.6 Å². The summed E-state index contributed by atoms with van der Waals surface area (Å²) < 4.78 is 10.8. The average Bonchev–Trinajstić information content (AvgIpc) is 2.42. The van der Waals surface area contributed by atoms with E-state index in [9.17, 15) is 4.79 Å². The molecule has 1 aromatic rings. The zero-order valence-corrected chi connectivity index (χ0v) is 10.7. The summed E-state index contributed by atoms with van der Waals surface area (Å²) in [5.74, 6) is 1.33. The van der Waals surface area contributed by atoms with Gasteiger partial charge in [-0.1, -0.05) is 13.3 Å². The highest BCUT2D eigenvalue weighted by Crippen LogP contribution is 2.28. The standard InChI is InChI=1S/C14H20O4/c1-2-10-3-5-11(6-4-10)18-14-9-17-12(8-15)7-13(14)16/h7,9-11,15H,2-6,8H2,1H3. The molecule has 0 bridgehead atoms. The van der Waals surface area contributed by atoms with Gasteiger partial charge < -0.3 is 14.3 Å². The topological polar surface area (TPSA) is 59.7 Å². The fourth-order valence-corrected chi connectivity index (χ4v) is 2.44. The third kappa shape index (κ3) is 3.13. The van der Waals surface area contributed by atoms with Gasteiger partial charge in [0, 0.05) is 6.07 Å². The first-order valence-electron chi connectivity index (χ1n) is 6.62. The van der Waals surface area contributed by atoms with Gasteiger partial charge in [-0.05, 0) is 31.6 Å². The molecule has 1 heterocycles. The lowest BCUT2D eigenvalue weighted by molar-refractivity contribution is 0.125. The van der Waals surface area contributed by atoms with Crippen LogP contribution in [0.1, 0.15) is 44.8 Å². The van der Waals surface area contributed by atoms with E-state index in [2.05, 4.69) is 6.92 Å². The Morgan fingerprint density at radius 3 is 2.67 bits per heavy atom. The molecule has 2 rings (SSSR count). The van der Waals surface area contributed by atoms with Crippen molar-refractivity contribution in [3.8, 4) is 5.75 Å². The first-order valence-corrected chi connectivity index (χ1v) is 6.62. The highest BCUT2D eigenvalue weighted by Gasteiger charge is 2.22. The van der Waals surface area contributed by atoms with Gasteiger partial charge in [-0.15, -0.1) is 0 Å². The summed E-state index contributed by atoms with van der Waals surface area (Å²) in [5.41, 5.74) is -0.220. The molecule has 1 aliphatic carbocycles. The Labute approximate surface area is 107 Å². The average molecular weight is 252 g/mol. The predicted molar refractivity (Wildman–Crippen MR) is 67.6 cm³/mol. The Morgan fingerprint density at radius 2 is 2.11 bits per heavy atom. The van der Waals surface area contributed by atoms with Crippen molar-refractivity contribution < 1.29 is 14.3 Å². The van der Waals surface area contributed by atoms with E-state index in [4.69, 9.17) is 14.3 Å². The molecule has 1 saturated carbocycles. The molecular formula is C14H20O4. The van der Waals surface area contributed by atoms with Crippen LogP contribution in [0.25, 0.3) is 0 Å². The Kier molecular flexibility index (Phi) is 4.42. The van der Waals surface area contributed by atoms with Crippen LogP contribution in [-0.2, 0) is 6.61 Å². The third-order valence-corrected chi connectivity index (χ3v) is 3.67. The molecule has 18 heavy (non-hydrogen) atoms. The first kappa shape index (κ1) is 13.1. The van der Waals surface area contributed by atoms with Gasteiger partial charge in [0.15, 0.2) is 0 Å². The van der Waals surface area contributed by atoms with Crippen LogP contribution in [0, 0.1) is 5.92 Å². The SMILES string of the molecule is CCC1CCC(Oc2coc(CO)cc2=O)CC1. The number of hydrogen-bond donors (Lipinski definition) is 1. The molecule has 4 nitrogen and oxygen atoms in total. The van der Waals surface area contributed by atoms with Crippen molar-refractivity contribution in [3.63, 3.8) is 0 Å². The summed E-state index contributed by atoms with van der Waals surface area (Å²) in [7, 11) is 0. The van der Waals surface area contributed by atoms with Gasteiger partial charge >= 0.3 is 0 Å². The molecule has 100 valence electrons. The van der Waals surface area contributed by atoms with Crippen molar-refractivity contribution in [2.24, 2.45) is 5.92 Å². The fraction of sp³-hybridized carbons (Fsp3) is 0.643. The van der Waals surface area contributed by atoms with Gasteiger partial charge in [-0.2, -0.15) is 0 Å². The number of rotatable bonds is 4. The lowest BCUT2D eigenvalue weighted by Crippen LogP contribution is -2.25. The fourth-order valence-electron chi connectivity index (χ4n) is 2.44. The molecule has 0 amide bonds. The van der Waals surface area contributed by atoms with Crippen molar-refractivity contribution in [2.75, 3.05) is 0 Å². The second-order valence-electron chi connectivity index (χ2n) is 4.90. The van der Waals surface area contributed by atoms with Crippen LogP contribution in [0.5, 0.6) is 5.75 Å². The summed E-state index contributed by atoms with van der Waals surface area (Å²) in [4.78, 5) is 11.7. The minimum atomic E-state index is -0.267. The minimum Gasteiger partial charge on any atom is -0.483 e. The molecule has 0 atom stereocenters. The van der Waals surface area contributed by atoms with Crippen LogP contribution in [0.15, 0.2) is 21.5 Å². The van der Waals surface area contributed by atoms with Crippen LogP contribution in [-0.4, -0.2) is 11.2 Å². The number of aliphatic hydroxyl groups is 1. The largest absolute Gasteiger partial charge is 0.483 e. The van der Waals surface area contributed by atoms with E-state index in [0.717, 1.165) is 18.8 Å². The summed E-state index contributed by atoms with van der Waals surface area (Å²) in [6, 6.07) is 1.28. The quantitative estimate of drug-likeness (QED) is 0.894. The molecule has 1 N–H and O–H groups in total. The molecule has 0 aromatic carbocycles. The van der Waals surface area contributed by atoms with Crippen LogP contribution in [0.2, 0.25) is 0 Å². The zero-order valence-electron chi connectivity index (χ0n) is 10.7. The van der Waals surface area contributed by atoms with Gasteiger partial charge in [0.25, 0.3) is 0 Å². The smallest absolute Gasteiger partial charge is 0.227 e. The van der Waals surface area contributed by atoms with E-state index in [-0.39, 0.29) is 29.6 Å². The molecular weight excluding hydrogens is 232 g/mol. The van der Waals surface area contributed by atoms with Crippen molar-refractivity contribution in [3.05, 3.63) is 28.3 Å². The lowest BCUT2D eigenvalue weighted by Gasteiger charge is -2.27. The summed E-state index contributed by atoms with van der Waals surface area (Å²) in [6.45, 7) is 1.95. The third-order valence-electron chi connectivity index (χ3n) is 3.67. The Morgan fingerprint density at radius 1 is 1.39 bits per heavy atom. The predicted octanol–water partition coefficient (Wildman–Crippen LogP) is 2.48. The maximum absolute atomic E-state index is 11.7. The zero-order chi connectivity index (χ0) is 13.0. The molecule has 0 radical (unpaired) electrons. The summed E-state index contributed by atoms with van der Waals surface area (Å²) in [5, 5.41) is 8.86. The molecule has 0 aliphatic heterocycles. The lowest BCUT2D eigenvalue weighted by atomic mass is 9.86. The van der Waals surface area contributed by atoms with E-state index in [1.807, 2.05) is 0 Å². The van der Waals surface area contributed by atoms with Gasteiger partial charge in [-0.3, -0.25) is 4.79 Å². The number of ether oxygens (including phenoxy) is 1. The van der Waals surface area contributed by atoms with Crippen molar-refractivity contribution in [1.29, 1.82) is 0 Å². The van der Waals surface area contributed by atoms with Crippen LogP contribution in [0.3, 0.4) is 0 Å². The second-order valence-corrected chi connectivity index (χ2v) is 4.90. The maximum atomic E-state index is 11.7. The Balaban J connectivity index is 1.96. The number of hydrogen-bond acceptors (Lipinski definition) is 4. The molecule has 1 fully saturated rings. The highest BCUT2D eigenvalue weighted by molar-refractivity contribution is 5.17. The summed E-state index contributed by atoms with van der Waals surface area (Å²) in [6.07, 6.45) is 6.98. The van der Waals surface area contributed by atoms with Gasteiger partial charge in [0.2, 0.25) is 11.2 Å². The van der Waals surface area contributed by atoms with Crippen molar-refractivity contribution >= 4 is 0 Å². The molecule has 1 aromatic heterocycles. The molecule has 0 spiro atoms. The van der Waals surface area contributed by atoms with E-state index in [0.29, 0.717) is 0 Å². The van der Waals surface area contributed by atoms with Crippen LogP contribution in [0.4, 0.5) is 0 Å². The van der Waals surface area contributed by atoms with E-state index in [1.54, 1.807) is 0 Å². The van der Waals surface area contributed by atoms with Crippen LogP contribution >= 0.6 is 0 Å². The van der Waals surface area contributed by atoms with Crippen molar-refractivity contribution in [1.82, 2.24) is 0 Å². The summed E-state index contributed by atoms with van der Waals surface area (Å²) >= 11 is 0. The maximum Gasteiger partial charge on any atom is 0.227 e. The monoisotopic (exact) mass is 252 g/mol. The second kappa shape index (κ2) is 6.05. The van der Waals surface area contributed by atoms with E-state index >= 15 is 0 Å². The normalized spacial score (nSPS) is 23.9. The van der Waals surface area contributed by atoms with Crippen LogP contribution < -0.4 is 10.2 Å². The van der Waals surface area contributed by atoms with Crippen molar-refractivity contribution in [2.45, 2.75) is 51.7 Å².